The summed E-state index contributed by atoms with van der Waals surface area (Å²) in [6.45, 7) is 13.3. The van der Waals surface area contributed by atoms with Crippen LogP contribution in [-0.2, 0) is 13.1 Å². The molecule has 2 amide bonds. The highest BCUT2D eigenvalue weighted by Gasteiger charge is 2.38. The predicted molar refractivity (Wildman–Crippen MR) is 247 cm³/mol. The summed E-state index contributed by atoms with van der Waals surface area (Å²) in [5, 5.41) is 5.45. The zero-order valence-corrected chi connectivity index (χ0v) is 38.1. The third kappa shape index (κ3) is 9.59. The van der Waals surface area contributed by atoms with Gasteiger partial charge in [-0.2, -0.15) is 0 Å². The Balaban J connectivity index is 0.000000164. The van der Waals surface area contributed by atoms with Gasteiger partial charge in [0.25, 0.3) is 11.8 Å². The Morgan fingerprint density at radius 2 is 1.09 bits per heavy atom. The summed E-state index contributed by atoms with van der Waals surface area (Å²) in [5.74, 6) is 2.19. The Morgan fingerprint density at radius 1 is 0.646 bits per heavy atom. The average Bonchev–Trinajstić information content (AvgIpc) is 3.77. The number of fused-ring (bicyclic) bond motifs is 4. The number of amides is 2. The molecular weight excluding hydrogens is 825 g/mol. The van der Waals surface area contributed by atoms with E-state index in [0.29, 0.717) is 83.6 Å². The van der Waals surface area contributed by atoms with Gasteiger partial charge >= 0.3 is 0 Å². The molecule has 338 valence electrons. The molecule has 2 saturated heterocycles. The lowest BCUT2D eigenvalue weighted by Crippen LogP contribution is -2.50. The highest BCUT2D eigenvalue weighted by Crippen LogP contribution is 2.48. The Bertz CT molecular complexity index is 2750. The van der Waals surface area contributed by atoms with Crippen molar-refractivity contribution in [3.63, 3.8) is 0 Å². The Morgan fingerprint density at radius 3 is 1.51 bits per heavy atom. The van der Waals surface area contributed by atoms with Crippen molar-refractivity contribution in [2.24, 2.45) is 11.8 Å². The fourth-order valence-corrected chi connectivity index (χ4v) is 8.75. The Kier molecular flexibility index (Phi) is 11.9. The van der Waals surface area contributed by atoms with Gasteiger partial charge in [0.15, 0.2) is 23.0 Å². The molecule has 0 radical (unpaired) electrons. The molecule has 2 fully saturated rings. The molecule has 6 aromatic rings. The van der Waals surface area contributed by atoms with Gasteiger partial charge in [-0.05, 0) is 55.6 Å². The molecule has 0 spiro atoms. The Labute approximate surface area is 379 Å². The third-order valence-corrected chi connectivity index (χ3v) is 11.9. The lowest BCUT2D eigenvalue weighted by molar-refractivity contribution is -0.0445. The van der Waals surface area contributed by atoms with Crippen molar-refractivity contribution in [3.8, 4) is 34.5 Å². The first-order valence-corrected chi connectivity index (χ1v) is 22.1. The van der Waals surface area contributed by atoms with Crippen molar-refractivity contribution in [2.45, 2.75) is 52.4 Å². The number of ether oxygens (including phenoxy) is 6. The number of carbonyl (C=O) groups is 2. The van der Waals surface area contributed by atoms with Crippen LogP contribution in [0, 0.1) is 11.8 Å². The van der Waals surface area contributed by atoms with Crippen LogP contribution >= 0.6 is 0 Å². The normalized spacial score (nSPS) is 16.8. The number of likely N-dealkylation sites (tertiary alicyclic amines) is 1. The molecule has 4 aliphatic rings. The van der Waals surface area contributed by atoms with Crippen LogP contribution in [0.2, 0.25) is 0 Å². The molecular formula is C51H56N6O8. The maximum Gasteiger partial charge on any atom is 0.254 e. The molecule has 4 aliphatic heterocycles. The fourth-order valence-electron chi connectivity index (χ4n) is 8.75. The largest absolute Gasteiger partial charge is 0.493 e. The second-order valence-electron chi connectivity index (χ2n) is 18.2. The highest BCUT2D eigenvalue weighted by atomic mass is 16.7. The van der Waals surface area contributed by atoms with E-state index < -0.39 is 11.6 Å². The van der Waals surface area contributed by atoms with Crippen molar-refractivity contribution in [2.75, 3.05) is 60.5 Å². The molecule has 0 unspecified atom stereocenters. The molecule has 2 aromatic heterocycles. The first-order valence-electron chi connectivity index (χ1n) is 22.1. The average molecular weight is 881 g/mol. The monoisotopic (exact) mass is 880 g/mol. The van der Waals surface area contributed by atoms with Crippen molar-refractivity contribution >= 4 is 33.6 Å². The van der Waals surface area contributed by atoms with Crippen molar-refractivity contribution < 1.29 is 38.0 Å². The first kappa shape index (κ1) is 43.6. The van der Waals surface area contributed by atoms with Crippen LogP contribution in [0.4, 0.5) is 0 Å². The van der Waals surface area contributed by atoms with Crippen LogP contribution in [0.3, 0.4) is 0 Å². The van der Waals surface area contributed by atoms with E-state index in [4.69, 9.17) is 38.4 Å². The summed E-state index contributed by atoms with van der Waals surface area (Å²) in [5.41, 5.74) is 4.60. The number of pyridine rings is 2. The number of benzene rings is 4. The standard InChI is InChI=1S/C26H29N3O4.C25H27N3O4/c1-26(2)32-23-12-19(11-22(31-4)24(23)33-26)25(30)29(15-17-13-28(3)14-17)16-20-10-9-18-7-5-6-8-21(18)27-20;1-25(2)31-22-11-18(10-21(30-3)23(22)32-25)24(29)28(14-16-12-26-13-16)15-19-9-8-17-6-4-5-7-20(17)27-19/h5-12,17H,13-16H2,1-4H3;4-11,16,26H,12-15H2,1-3H3. The third-order valence-electron chi connectivity index (χ3n) is 11.9. The van der Waals surface area contributed by atoms with Crippen molar-refractivity contribution in [1.29, 1.82) is 0 Å². The predicted octanol–water partition coefficient (Wildman–Crippen LogP) is 7.57. The minimum Gasteiger partial charge on any atom is -0.493 e. The second-order valence-corrected chi connectivity index (χ2v) is 18.2. The van der Waals surface area contributed by atoms with Gasteiger partial charge in [0.1, 0.15) is 0 Å². The number of para-hydroxylation sites is 2. The topological polar surface area (TPSA) is 137 Å². The number of methoxy groups -OCH3 is 2. The van der Waals surface area contributed by atoms with Gasteiger partial charge in [-0.1, -0.05) is 48.5 Å². The first-order chi connectivity index (χ1) is 31.2. The van der Waals surface area contributed by atoms with Gasteiger partial charge in [-0.25, -0.2) is 0 Å². The zero-order valence-electron chi connectivity index (χ0n) is 38.1. The van der Waals surface area contributed by atoms with E-state index >= 15 is 0 Å². The summed E-state index contributed by atoms with van der Waals surface area (Å²) >= 11 is 0. The maximum absolute atomic E-state index is 13.7. The minimum absolute atomic E-state index is 0.0751. The second kappa shape index (κ2) is 17.7. The van der Waals surface area contributed by atoms with Crippen LogP contribution in [-0.4, -0.2) is 109 Å². The molecule has 1 N–H and O–H groups in total. The SMILES string of the molecule is COc1cc(C(=O)N(Cc2ccc3ccccc3n2)CC2CN(C)C2)cc2c1OC(C)(C)O2.COc1cc(C(=O)N(Cc2ccc3ccccc3n2)CC2CNC2)cc2c1OC(C)(C)O2. The van der Waals surface area contributed by atoms with Crippen molar-refractivity contribution in [1.82, 2.24) is 30.0 Å². The number of carbonyl (C=O) groups excluding carboxylic acids is 2. The van der Waals surface area contributed by atoms with Crippen LogP contribution < -0.4 is 33.7 Å². The van der Waals surface area contributed by atoms with E-state index in [-0.39, 0.29) is 11.8 Å². The van der Waals surface area contributed by atoms with Crippen LogP contribution in [0.25, 0.3) is 21.8 Å². The summed E-state index contributed by atoms with van der Waals surface area (Å²) < 4.78 is 34.5. The molecule has 0 atom stereocenters. The number of nitrogens with one attached hydrogen (secondary N) is 1. The molecule has 14 nitrogen and oxygen atoms in total. The van der Waals surface area contributed by atoms with Gasteiger partial charge in [0, 0.05) is 101 Å². The molecule has 4 aromatic carbocycles. The van der Waals surface area contributed by atoms with Gasteiger partial charge in [0.2, 0.25) is 23.1 Å². The van der Waals surface area contributed by atoms with E-state index in [2.05, 4.69) is 29.4 Å². The van der Waals surface area contributed by atoms with E-state index in [1.54, 1.807) is 38.5 Å². The number of rotatable bonds is 12. The van der Waals surface area contributed by atoms with E-state index in [1.165, 1.54) is 0 Å². The van der Waals surface area contributed by atoms with Crippen LogP contribution in [0.5, 0.6) is 34.5 Å². The van der Waals surface area contributed by atoms with Gasteiger partial charge in [-0.15, -0.1) is 0 Å². The maximum atomic E-state index is 13.7. The van der Waals surface area contributed by atoms with Crippen LogP contribution in [0.15, 0.2) is 97.1 Å². The highest BCUT2D eigenvalue weighted by molar-refractivity contribution is 5.96. The molecule has 6 heterocycles. The summed E-state index contributed by atoms with van der Waals surface area (Å²) in [7, 11) is 5.23. The van der Waals surface area contributed by atoms with E-state index in [1.807, 2.05) is 98.2 Å². The molecule has 10 rings (SSSR count). The lowest BCUT2D eigenvalue weighted by Gasteiger charge is -2.39. The van der Waals surface area contributed by atoms with Gasteiger partial charge in [-0.3, -0.25) is 19.6 Å². The smallest absolute Gasteiger partial charge is 0.254 e. The number of hydrogen-bond acceptors (Lipinski definition) is 12. The van der Waals surface area contributed by atoms with Gasteiger partial charge in [0.05, 0.1) is 49.7 Å². The van der Waals surface area contributed by atoms with Crippen molar-refractivity contribution in [3.05, 3.63) is 120 Å². The van der Waals surface area contributed by atoms with E-state index in [0.717, 1.165) is 59.4 Å². The molecule has 14 heteroatoms. The fraction of sp³-hybridized carbons (Fsp3) is 0.373. The van der Waals surface area contributed by atoms with Crippen LogP contribution in [0.1, 0.15) is 59.8 Å². The summed E-state index contributed by atoms with van der Waals surface area (Å²) in [4.78, 5) is 43.0. The number of hydrogen-bond donors (Lipinski definition) is 1. The summed E-state index contributed by atoms with van der Waals surface area (Å²) in [6.07, 6.45) is 0. The molecule has 0 saturated carbocycles. The molecule has 0 bridgehead atoms. The van der Waals surface area contributed by atoms with Gasteiger partial charge < -0.3 is 48.4 Å². The van der Waals surface area contributed by atoms with E-state index in [9.17, 15) is 9.59 Å². The zero-order chi connectivity index (χ0) is 45.5. The minimum atomic E-state index is -0.803. The lowest BCUT2D eigenvalue weighted by atomic mass is 10.00. The summed E-state index contributed by atoms with van der Waals surface area (Å²) in [6, 6.07) is 31.1. The number of nitrogens with zero attached hydrogens (tertiary/aromatic N) is 5. The molecule has 65 heavy (non-hydrogen) atoms. The molecule has 0 aliphatic carbocycles. The Hall–Kier alpha value is -6.64. The number of aromatic nitrogens is 2. The quantitative estimate of drug-likeness (QED) is 0.130.